The molecule has 3 N–H and O–H groups in total. The quantitative estimate of drug-likeness (QED) is 0.489. The van der Waals surface area contributed by atoms with Crippen LogP contribution in [0.1, 0.15) is 0 Å². The maximum Gasteiger partial charge on any atom is 0.417 e. The van der Waals surface area contributed by atoms with Crippen molar-refractivity contribution in [3.63, 3.8) is 0 Å². The third kappa shape index (κ3) is 2.68. The zero-order valence-electron chi connectivity index (χ0n) is 12.3. The number of anilines is 1. The van der Waals surface area contributed by atoms with Crippen LogP contribution in [-0.4, -0.2) is 18.4 Å². The molecule has 4 aromatic rings. The zero-order chi connectivity index (χ0) is 17.8. The summed E-state index contributed by atoms with van der Waals surface area (Å²) in [6.07, 6.45) is 1.52. The number of fused-ring (bicyclic) bond motifs is 2. The molecular weight excluding hydrogens is 389 g/mol. The van der Waals surface area contributed by atoms with Crippen LogP contribution in [0.15, 0.2) is 50.6 Å². The summed E-state index contributed by atoms with van der Waals surface area (Å²) in [5.74, 6) is -0.655. The van der Waals surface area contributed by atoms with Gasteiger partial charge < -0.3 is 9.40 Å². The summed E-state index contributed by atoms with van der Waals surface area (Å²) < 4.78 is 32.7. The van der Waals surface area contributed by atoms with Gasteiger partial charge in [0.05, 0.1) is 31.7 Å². The smallest absolute Gasteiger partial charge is 0.408 e. The number of nitrogens with one attached hydrogen (secondary N) is 3. The number of aromatic nitrogens is 2. The highest BCUT2D eigenvalue weighted by Crippen LogP contribution is 2.35. The molecule has 4 rings (SSSR count). The number of rotatable bonds is 3. The maximum absolute atomic E-state index is 12.7. The van der Waals surface area contributed by atoms with E-state index in [1.807, 2.05) is 0 Å². The van der Waals surface area contributed by atoms with E-state index in [-0.39, 0.29) is 10.5 Å². The van der Waals surface area contributed by atoms with E-state index < -0.39 is 15.8 Å². The van der Waals surface area contributed by atoms with Gasteiger partial charge in [-0.2, -0.15) is 0 Å². The van der Waals surface area contributed by atoms with Crippen molar-refractivity contribution in [2.75, 3.05) is 4.72 Å². The minimum atomic E-state index is -3.92. The van der Waals surface area contributed by atoms with Gasteiger partial charge in [0.25, 0.3) is 10.0 Å². The first-order valence-electron chi connectivity index (χ1n) is 6.96. The number of halogens is 2. The summed E-state index contributed by atoms with van der Waals surface area (Å²) in [6, 6.07) is 7.17. The van der Waals surface area contributed by atoms with Gasteiger partial charge in [-0.15, -0.1) is 0 Å². The molecule has 0 radical (unpaired) electrons. The Labute approximate surface area is 150 Å². The molecule has 128 valence electrons. The summed E-state index contributed by atoms with van der Waals surface area (Å²) in [5, 5.41) is 1.31. The Kier molecular flexibility index (Phi) is 3.57. The highest BCUT2D eigenvalue weighted by molar-refractivity contribution is 7.92. The van der Waals surface area contributed by atoms with E-state index in [4.69, 9.17) is 27.6 Å². The van der Waals surface area contributed by atoms with E-state index in [0.717, 1.165) is 0 Å². The number of H-pyrrole nitrogens is 2. The molecular formula is C15H9Cl2N3O4S. The van der Waals surface area contributed by atoms with E-state index >= 15 is 0 Å². The van der Waals surface area contributed by atoms with Gasteiger partial charge in [0.15, 0.2) is 5.58 Å². The van der Waals surface area contributed by atoms with Gasteiger partial charge in [0, 0.05) is 17.6 Å². The van der Waals surface area contributed by atoms with Crippen molar-refractivity contribution in [1.29, 1.82) is 0 Å². The molecule has 2 aromatic carbocycles. The predicted molar refractivity (Wildman–Crippen MR) is 96.0 cm³/mol. The molecule has 25 heavy (non-hydrogen) atoms. The monoisotopic (exact) mass is 397 g/mol. The second-order valence-corrected chi connectivity index (χ2v) is 7.76. The summed E-state index contributed by atoms with van der Waals surface area (Å²) in [7, 11) is -3.92. The molecule has 2 aromatic heterocycles. The molecule has 0 saturated heterocycles. The minimum absolute atomic E-state index is 0.0523. The summed E-state index contributed by atoms with van der Waals surface area (Å²) in [6.45, 7) is 0. The lowest BCUT2D eigenvalue weighted by Gasteiger charge is -2.10. The van der Waals surface area contributed by atoms with Crippen LogP contribution in [0, 0.1) is 0 Å². The van der Waals surface area contributed by atoms with Crippen LogP contribution in [0.5, 0.6) is 0 Å². The Morgan fingerprint density at radius 2 is 1.88 bits per heavy atom. The van der Waals surface area contributed by atoms with Gasteiger partial charge in [0.1, 0.15) is 0 Å². The fraction of sp³-hybridized carbons (Fsp3) is 0. The first kappa shape index (κ1) is 16.1. The van der Waals surface area contributed by atoms with E-state index in [1.165, 1.54) is 30.5 Å². The molecule has 0 unspecified atom stereocenters. The van der Waals surface area contributed by atoms with Crippen molar-refractivity contribution in [2.45, 2.75) is 4.90 Å². The van der Waals surface area contributed by atoms with Gasteiger partial charge in [-0.05, 0) is 24.3 Å². The lowest BCUT2D eigenvalue weighted by atomic mass is 10.2. The number of hydrogen-bond acceptors (Lipinski definition) is 4. The molecule has 2 heterocycles. The predicted octanol–water partition coefficient (Wildman–Crippen LogP) is 3.71. The Morgan fingerprint density at radius 1 is 1.08 bits per heavy atom. The maximum atomic E-state index is 12.7. The van der Waals surface area contributed by atoms with E-state index in [9.17, 15) is 13.2 Å². The van der Waals surface area contributed by atoms with Crippen LogP contribution in [-0.2, 0) is 10.0 Å². The Balaban J connectivity index is 1.81. The van der Waals surface area contributed by atoms with E-state index in [1.54, 1.807) is 6.07 Å². The number of benzene rings is 2. The van der Waals surface area contributed by atoms with Crippen molar-refractivity contribution >= 4 is 60.9 Å². The van der Waals surface area contributed by atoms with Crippen LogP contribution in [0.2, 0.25) is 10.0 Å². The molecule has 10 heteroatoms. The molecule has 0 aliphatic heterocycles. The van der Waals surface area contributed by atoms with Gasteiger partial charge in [-0.25, -0.2) is 13.2 Å². The Bertz CT molecular complexity index is 1290. The van der Waals surface area contributed by atoms with Crippen molar-refractivity contribution in [3.8, 4) is 0 Å². The van der Waals surface area contributed by atoms with Crippen LogP contribution in [0.4, 0.5) is 5.69 Å². The number of aromatic amines is 2. The van der Waals surface area contributed by atoms with Gasteiger partial charge in [-0.3, -0.25) is 9.71 Å². The average molecular weight is 398 g/mol. The van der Waals surface area contributed by atoms with Crippen LogP contribution >= 0.6 is 23.2 Å². The van der Waals surface area contributed by atoms with Crippen molar-refractivity contribution in [2.24, 2.45) is 0 Å². The van der Waals surface area contributed by atoms with Crippen LogP contribution in [0.3, 0.4) is 0 Å². The third-order valence-corrected chi connectivity index (χ3v) is 5.66. The molecule has 0 saturated carbocycles. The average Bonchev–Trinajstić information content (AvgIpc) is 3.12. The molecule has 0 fully saturated rings. The minimum Gasteiger partial charge on any atom is -0.408 e. The first-order valence-corrected chi connectivity index (χ1v) is 9.20. The molecule has 0 bridgehead atoms. The molecule has 0 aliphatic rings. The summed E-state index contributed by atoms with van der Waals surface area (Å²) in [4.78, 5) is 16.5. The summed E-state index contributed by atoms with van der Waals surface area (Å²) in [5.41, 5.74) is 1.32. The first-order chi connectivity index (χ1) is 11.8. The standard InChI is InChI=1S/C15H9Cl2N3O4S/c16-8-2-4-11(14-13(8)9(17)6-18-14)20-25(22,23)7-1-3-10-12(5-7)24-15(21)19-10/h1-6,18,20H,(H,19,21). The highest BCUT2D eigenvalue weighted by atomic mass is 35.5. The molecule has 0 aliphatic carbocycles. The van der Waals surface area contributed by atoms with E-state index in [0.29, 0.717) is 32.2 Å². The SMILES string of the molecule is O=c1[nH]c2ccc(S(=O)(=O)Nc3ccc(Cl)c4c(Cl)c[nH]c34)cc2o1. The Morgan fingerprint density at radius 3 is 2.68 bits per heavy atom. The topological polar surface area (TPSA) is 108 Å². The Hall–Kier alpha value is -2.42. The zero-order valence-corrected chi connectivity index (χ0v) is 14.6. The highest BCUT2D eigenvalue weighted by Gasteiger charge is 2.19. The summed E-state index contributed by atoms with van der Waals surface area (Å²) >= 11 is 12.2. The van der Waals surface area contributed by atoms with Gasteiger partial charge in [-0.1, -0.05) is 23.2 Å². The van der Waals surface area contributed by atoms with Crippen LogP contribution in [0.25, 0.3) is 22.0 Å². The third-order valence-electron chi connectivity index (χ3n) is 3.68. The van der Waals surface area contributed by atoms with Crippen LogP contribution < -0.4 is 10.5 Å². The van der Waals surface area contributed by atoms with Crippen molar-refractivity contribution in [1.82, 2.24) is 9.97 Å². The van der Waals surface area contributed by atoms with Crippen molar-refractivity contribution < 1.29 is 12.8 Å². The number of oxazole rings is 1. The lowest BCUT2D eigenvalue weighted by Crippen LogP contribution is -2.13. The lowest BCUT2D eigenvalue weighted by molar-refractivity contribution is 0.554. The van der Waals surface area contributed by atoms with Gasteiger partial charge in [0.2, 0.25) is 0 Å². The number of hydrogen-bond donors (Lipinski definition) is 3. The normalized spacial score (nSPS) is 12.1. The van der Waals surface area contributed by atoms with E-state index in [2.05, 4.69) is 14.7 Å². The molecule has 0 spiro atoms. The fourth-order valence-corrected chi connectivity index (χ4v) is 4.20. The second-order valence-electron chi connectivity index (χ2n) is 5.26. The molecule has 0 amide bonds. The van der Waals surface area contributed by atoms with Crippen molar-refractivity contribution in [3.05, 3.63) is 57.1 Å². The molecule has 7 nitrogen and oxygen atoms in total. The van der Waals surface area contributed by atoms with Gasteiger partial charge >= 0.3 is 5.76 Å². The fourth-order valence-electron chi connectivity index (χ4n) is 2.55. The second kappa shape index (κ2) is 5.55. The molecule has 0 atom stereocenters. The largest absolute Gasteiger partial charge is 0.417 e. The number of sulfonamides is 1.